The fraction of sp³-hybridized carbons (Fsp3) is 0.394. The molecule has 0 radical (unpaired) electrons. The molecule has 4 aromatic rings. The number of benzene rings is 1. The van der Waals surface area contributed by atoms with E-state index >= 15 is 4.39 Å². The second-order valence-electron chi connectivity index (χ2n) is 12.9. The summed E-state index contributed by atoms with van der Waals surface area (Å²) in [4.78, 5) is 57.1. The molecule has 1 aromatic carbocycles. The van der Waals surface area contributed by atoms with Crippen molar-refractivity contribution in [2.45, 2.75) is 52.2 Å². The van der Waals surface area contributed by atoms with Gasteiger partial charge in [0.15, 0.2) is 5.82 Å². The number of pyridine rings is 1. The molecule has 18 heteroatoms. The highest BCUT2D eigenvalue weighted by atomic mass is 32.2. The lowest BCUT2D eigenvalue weighted by molar-refractivity contribution is -0.139. The van der Waals surface area contributed by atoms with Crippen LogP contribution < -0.4 is 9.62 Å². The summed E-state index contributed by atoms with van der Waals surface area (Å²) in [7, 11) is -2.87. The Balaban J connectivity index is 1.33. The number of rotatable bonds is 11. The Morgan fingerprint density at radius 2 is 1.73 bits per heavy atom. The molecule has 3 aromatic heterocycles. The van der Waals surface area contributed by atoms with Crippen LogP contribution in [0.15, 0.2) is 43.0 Å². The lowest BCUT2D eigenvalue weighted by atomic mass is 10.0. The number of nitrogens with zero attached hydrogens (tertiary/aromatic N) is 6. The first-order chi connectivity index (χ1) is 24.0. The van der Waals surface area contributed by atoms with Crippen LogP contribution in [0.25, 0.3) is 22.2 Å². The van der Waals surface area contributed by atoms with Crippen molar-refractivity contribution in [2.24, 2.45) is 0 Å². The number of hydrogen-bond acceptors (Lipinski definition) is 10. The average molecular weight is 729 g/mol. The first kappa shape index (κ1) is 37.0. The fourth-order valence-corrected chi connectivity index (χ4v) is 6.46. The standard InChI is InChI=1S/C33H38F2N8O7S/c1-6-41(5)51(48,49)40-25-8-7-24(34)27(28(25)35)29(46)23-17-37-30-22(23)13-19(14-36-30)20-15-38-31(39-16-20)42-11-9-21(10-12-42)43(18-26(44)45)32(47)50-33(2,3)4/h7-8,13-17,21,40H,6,9-12,18H2,1-5H3,(H,36,37)(H,44,45). The molecule has 4 heterocycles. The van der Waals surface area contributed by atoms with E-state index in [2.05, 4.69) is 24.7 Å². The van der Waals surface area contributed by atoms with Crippen molar-refractivity contribution in [1.82, 2.24) is 29.1 Å². The van der Waals surface area contributed by atoms with Gasteiger partial charge in [0.1, 0.15) is 23.6 Å². The van der Waals surface area contributed by atoms with Gasteiger partial charge in [-0.05, 0) is 51.8 Å². The van der Waals surface area contributed by atoms with Gasteiger partial charge < -0.3 is 19.7 Å². The third-order valence-electron chi connectivity index (χ3n) is 8.28. The Bertz CT molecular complexity index is 2060. The molecule has 0 atom stereocenters. The van der Waals surface area contributed by atoms with Gasteiger partial charge in [-0.25, -0.2) is 28.5 Å². The molecule has 15 nitrogen and oxygen atoms in total. The molecule has 0 spiro atoms. The maximum atomic E-state index is 15.5. The van der Waals surface area contributed by atoms with E-state index in [1.165, 1.54) is 24.3 Å². The van der Waals surface area contributed by atoms with Gasteiger partial charge in [0.25, 0.3) is 0 Å². The van der Waals surface area contributed by atoms with E-state index in [1.807, 2.05) is 4.90 Å². The van der Waals surface area contributed by atoms with Crippen LogP contribution in [0, 0.1) is 11.6 Å². The number of carboxylic acids is 1. The molecular formula is C33H38F2N8O7S. The molecule has 0 aliphatic carbocycles. The second-order valence-corrected chi connectivity index (χ2v) is 14.7. The van der Waals surface area contributed by atoms with Crippen LogP contribution in [0.1, 0.15) is 56.5 Å². The number of fused-ring (bicyclic) bond motifs is 1. The molecule has 0 bridgehead atoms. The van der Waals surface area contributed by atoms with Gasteiger partial charge in [0, 0.05) is 79.6 Å². The topological polar surface area (TPSA) is 191 Å². The Hall–Kier alpha value is -5.23. The highest BCUT2D eigenvalue weighted by Crippen LogP contribution is 2.30. The summed E-state index contributed by atoms with van der Waals surface area (Å²) in [5.41, 5.74) is -1.07. The van der Waals surface area contributed by atoms with Gasteiger partial charge in [0.05, 0.1) is 11.3 Å². The maximum absolute atomic E-state index is 15.5. The first-order valence-electron chi connectivity index (χ1n) is 16.0. The third-order valence-corrected chi connectivity index (χ3v) is 9.84. The van der Waals surface area contributed by atoms with Crippen molar-refractivity contribution in [3.63, 3.8) is 0 Å². The summed E-state index contributed by atoms with van der Waals surface area (Å²) in [5, 5.41) is 9.64. The molecule has 1 fully saturated rings. The van der Waals surface area contributed by atoms with Crippen molar-refractivity contribution in [2.75, 3.05) is 42.8 Å². The Labute approximate surface area is 292 Å². The van der Waals surface area contributed by atoms with Crippen LogP contribution in [0.3, 0.4) is 0 Å². The van der Waals surface area contributed by atoms with E-state index in [1.54, 1.807) is 46.2 Å². The normalized spacial score (nSPS) is 14.2. The number of ketones is 1. The maximum Gasteiger partial charge on any atom is 0.411 e. The molecule has 272 valence electrons. The minimum Gasteiger partial charge on any atom is -0.480 e. The SMILES string of the molecule is CCN(C)S(=O)(=O)Nc1ccc(F)c(C(=O)c2c[nH]c3ncc(-c4cnc(N5CCC(N(CC(=O)O)C(=O)OC(C)(C)C)CC5)nc4)cc23)c1F. The highest BCUT2D eigenvalue weighted by molar-refractivity contribution is 7.90. The number of carboxylic acid groups (broad SMARTS) is 1. The number of amides is 1. The summed E-state index contributed by atoms with van der Waals surface area (Å²) in [6, 6.07) is 2.97. The lowest BCUT2D eigenvalue weighted by Crippen LogP contribution is -2.50. The van der Waals surface area contributed by atoms with Gasteiger partial charge in [-0.3, -0.25) is 19.2 Å². The van der Waals surface area contributed by atoms with E-state index in [-0.39, 0.29) is 29.2 Å². The first-order valence-corrected chi connectivity index (χ1v) is 17.5. The number of carbonyl (C=O) groups excluding carboxylic acids is 2. The predicted octanol–water partition coefficient (Wildman–Crippen LogP) is 4.43. The van der Waals surface area contributed by atoms with Gasteiger partial charge >= 0.3 is 22.3 Å². The molecule has 1 aliphatic rings. The van der Waals surface area contributed by atoms with Gasteiger partial charge in [-0.1, -0.05) is 6.92 Å². The van der Waals surface area contributed by atoms with E-state index in [9.17, 15) is 32.3 Å². The van der Waals surface area contributed by atoms with Crippen LogP contribution in [0.2, 0.25) is 0 Å². The van der Waals surface area contributed by atoms with Crippen molar-refractivity contribution >= 4 is 50.7 Å². The van der Waals surface area contributed by atoms with Gasteiger partial charge in [0.2, 0.25) is 11.7 Å². The second kappa shape index (κ2) is 14.6. The van der Waals surface area contributed by atoms with Crippen molar-refractivity contribution in [3.8, 4) is 11.1 Å². The number of aromatic amines is 1. The van der Waals surface area contributed by atoms with E-state index in [0.29, 0.717) is 43.0 Å². The number of aliphatic carboxylic acids is 1. The number of anilines is 2. The summed E-state index contributed by atoms with van der Waals surface area (Å²) >= 11 is 0. The molecule has 51 heavy (non-hydrogen) atoms. The number of halogens is 2. The van der Waals surface area contributed by atoms with E-state index < -0.39 is 63.1 Å². The van der Waals surface area contributed by atoms with Gasteiger partial charge in [-0.15, -0.1) is 0 Å². The number of H-pyrrole nitrogens is 1. The summed E-state index contributed by atoms with van der Waals surface area (Å²) < 4.78 is 63.8. The highest BCUT2D eigenvalue weighted by Gasteiger charge is 2.33. The summed E-state index contributed by atoms with van der Waals surface area (Å²) in [6.45, 7) is 7.24. The van der Waals surface area contributed by atoms with Crippen molar-refractivity contribution < 1.29 is 41.4 Å². The zero-order valence-electron chi connectivity index (χ0n) is 28.6. The predicted molar refractivity (Wildman–Crippen MR) is 184 cm³/mol. The molecule has 1 saturated heterocycles. The van der Waals surface area contributed by atoms with Crippen LogP contribution in [-0.2, 0) is 19.7 Å². The monoisotopic (exact) mass is 728 g/mol. The molecule has 0 unspecified atom stereocenters. The zero-order chi connectivity index (χ0) is 37.2. The Morgan fingerprint density at radius 3 is 2.33 bits per heavy atom. The number of piperidine rings is 1. The van der Waals surface area contributed by atoms with Crippen LogP contribution >= 0.6 is 0 Å². The molecule has 0 saturated carbocycles. The largest absolute Gasteiger partial charge is 0.480 e. The number of carbonyl (C=O) groups is 3. The van der Waals surface area contributed by atoms with Crippen molar-refractivity contribution in [3.05, 3.63) is 65.7 Å². The molecule has 1 amide bonds. The van der Waals surface area contributed by atoms with Gasteiger partial charge in [-0.2, -0.15) is 12.7 Å². The molecule has 3 N–H and O–H groups in total. The fourth-order valence-electron chi connectivity index (χ4n) is 5.53. The number of hydrogen-bond donors (Lipinski definition) is 3. The Kier molecular flexibility index (Phi) is 10.6. The molecule has 1 aliphatic heterocycles. The summed E-state index contributed by atoms with van der Waals surface area (Å²) in [6.07, 6.45) is 6.16. The summed E-state index contributed by atoms with van der Waals surface area (Å²) in [5.74, 6) is -4.28. The number of ether oxygens (including phenoxy) is 1. The third kappa shape index (κ3) is 8.23. The van der Waals surface area contributed by atoms with E-state index in [4.69, 9.17) is 4.74 Å². The molecular weight excluding hydrogens is 690 g/mol. The van der Waals surface area contributed by atoms with Crippen LogP contribution in [0.4, 0.5) is 25.2 Å². The quantitative estimate of drug-likeness (QED) is 0.185. The molecule has 5 rings (SSSR count). The van der Waals surface area contributed by atoms with Crippen LogP contribution in [-0.4, -0.2) is 105 Å². The minimum atomic E-state index is -4.15. The van der Waals surface area contributed by atoms with E-state index in [0.717, 1.165) is 16.4 Å². The average Bonchev–Trinajstić information content (AvgIpc) is 3.51. The number of aromatic nitrogens is 4. The Morgan fingerprint density at radius 1 is 1.08 bits per heavy atom. The number of nitrogens with one attached hydrogen (secondary N) is 2. The minimum absolute atomic E-state index is 0.0907. The smallest absolute Gasteiger partial charge is 0.411 e. The lowest BCUT2D eigenvalue weighted by Gasteiger charge is -2.38. The van der Waals surface area contributed by atoms with Crippen LogP contribution in [0.5, 0.6) is 0 Å². The van der Waals surface area contributed by atoms with Crippen molar-refractivity contribution in [1.29, 1.82) is 0 Å². The zero-order valence-corrected chi connectivity index (χ0v) is 29.4.